The predicted octanol–water partition coefficient (Wildman–Crippen LogP) is 5.08. The Balaban J connectivity index is 1.93. The minimum atomic E-state index is -4.59. The zero-order valence-corrected chi connectivity index (χ0v) is 19.0. The van der Waals surface area contributed by atoms with E-state index in [1.54, 1.807) is 24.3 Å². The van der Waals surface area contributed by atoms with E-state index < -0.39 is 29.8 Å². The number of hydrogen-bond acceptors (Lipinski definition) is 3. The number of carbonyl (C=O) groups excluding carboxylic acids is 1. The van der Waals surface area contributed by atoms with Crippen molar-refractivity contribution in [1.82, 2.24) is 9.80 Å². The smallest absolute Gasteiger partial charge is 0.416 e. The van der Waals surface area contributed by atoms with Gasteiger partial charge in [-0.1, -0.05) is 28.1 Å². The Morgan fingerprint density at radius 3 is 2.41 bits per heavy atom. The van der Waals surface area contributed by atoms with Crippen LogP contribution in [0.4, 0.5) is 18.0 Å². The molecular weight excluding hydrogens is 493 g/mol. The quantitative estimate of drug-likeness (QED) is 0.617. The summed E-state index contributed by atoms with van der Waals surface area (Å²) in [5, 5.41) is 9.45. The average molecular weight is 515 g/mol. The van der Waals surface area contributed by atoms with E-state index in [0.717, 1.165) is 17.7 Å². The molecule has 1 N–H and O–H groups in total. The summed E-state index contributed by atoms with van der Waals surface area (Å²) in [6.07, 6.45) is -5.29. The molecule has 10 heteroatoms. The second-order valence-corrected chi connectivity index (χ2v) is 8.52. The molecule has 3 rings (SSSR count). The van der Waals surface area contributed by atoms with Gasteiger partial charge in [-0.25, -0.2) is 4.79 Å². The van der Waals surface area contributed by atoms with Crippen LogP contribution in [0.1, 0.15) is 33.8 Å². The third kappa shape index (κ3) is 5.17. The Morgan fingerprint density at radius 2 is 1.84 bits per heavy atom. The molecule has 0 radical (unpaired) electrons. The van der Waals surface area contributed by atoms with Crippen LogP contribution in [0, 0.1) is 0 Å². The molecule has 2 aromatic rings. The molecule has 172 valence electrons. The second kappa shape index (κ2) is 9.40. The first-order chi connectivity index (χ1) is 15.0. The van der Waals surface area contributed by atoms with E-state index in [-0.39, 0.29) is 29.0 Å². The first kappa shape index (κ1) is 23.9. The lowest BCUT2D eigenvalue weighted by molar-refractivity contribution is -0.137. The highest BCUT2D eigenvalue weighted by Crippen LogP contribution is 2.35. The number of likely N-dealkylation sites (tertiary alicyclic amines) is 1. The molecule has 2 aromatic carbocycles. The number of carbonyl (C=O) groups is 2. The van der Waals surface area contributed by atoms with Gasteiger partial charge in [-0.15, -0.1) is 0 Å². The van der Waals surface area contributed by atoms with Crippen LogP contribution in [-0.2, 0) is 6.18 Å². The van der Waals surface area contributed by atoms with Crippen molar-refractivity contribution >= 4 is 27.9 Å². The Bertz CT molecular complexity index is 998. The van der Waals surface area contributed by atoms with Crippen molar-refractivity contribution < 1.29 is 32.6 Å². The van der Waals surface area contributed by atoms with Crippen LogP contribution in [-0.4, -0.2) is 60.2 Å². The number of alkyl halides is 3. The largest absolute Gasteiger partial charge is 0.497 e. The van der Waals surface area contributed by atoms with Crippen LogP contribution >= 0.6 is 15.9 Å². The van der Waals surface area contributed by atoms with Crippen LogP contribution in [0.15, 0.2) is 46.9 Å². The summed E-state index contributed by atoms with van der Waals surface area (Å²) in [6.45, 7) is 0.382. The first-order valence-corrected chi connectivity index (χ1v) is 10.6. The van der Waals surface area contributed by atoms with E-state index >= 15 is 0 Å². The number of likely N-dealkylation sites (N-methyl/N-ethyl adjacent to an activating group) is 1. The number of hydrogen-bond donors (Lipinski definition) is 1. The molecule has 6 nitrogen and oxygen atoms in total. The lowest BCUT2D eigenvalue weighted by Crippen LogP contribution is -2.51. The number of benzene rings is 2. The minimum absolute atomic E-state index is 0.0941. The summed E-state index contributed by atoms with van der Waals surface area (Å²) < 4.78 is 45.0. The SMILES string of the molecule is COc1ccc(C2CN(C(=O)O)CCC2N(C)C(=O)c2cc(Br)cc(C(F)(F)F)c2)cc1. The van der Waals surface area contributed by atoms with Gasteiger partial charge in [0.2, 0.25) is 0 Å². The summed E-state index contributed by atoms with van der Waals surface area (Å²) >= 11 is 3.05. The molecule has 0 aromatic heterocycles. The van der Waals surface area contributed by atoms with Crippen LogP contribution in [0.2, 0.25) is 0 Å². The minimum Gasteiger partial charge on any atom is -0.497 e. The van der Waals surface area contributed by atoms with E-state index in [9.17, 15) is 27.9 Å². The molecule has 32 heavy (non-hydrogen) atoms. The van der Waals surface area contributed by atoms with Gasteiger partial charge in [-0.05, 0) is 42.3 Å². The highest BCUT2D eigenvalue weighted by molar-refractivity contribution is 9.10. The van der Waals surface area contributed by atoms with Gasteiger partial charge in [0.1, 0.15) is 5.75 Å². The number of piperidine rings is 1. The molecule has 1 saturated heterocycles. The number of rotatable bonds is 4. The van der Waals surface area contributed by atoms with Crippen molar-refractivity contribution in [2.24, 2.45) is 0 Å². The maximum Gasteiger partial charge on any atom is 0.416 e. The van der Waals surface area contributed by atoms with Gasteiger partial charge in [0.05, 0.1) is 12.7 Å². The normalized spacial score (nSPS) is 18.9. The van der Waals surface area contributed by atoms with E-state index in [4.69, 9.17) is 4.74 Å². The summed E-state index contributed by atoms with van der Waals surface area (Å²) in [5.41, 5.74) is -0.203. The Morgan fingerprint density at radius 1 is 1.19 bits per heavy atom. The summed E-state index contributed by atoms with van der Waals surface area (Å²) in [5.74, 6) is -0.285. The lowest BCUT2D eigenvalue weighted by atomic mass is 9.85. The first-order valence-electron chi connectivity index (χ1n) is 9.78. The predicted molar refractivity (Wildman–Crippen MR) is 115 cm³/mol. The van der Waals surface area contributed by atoms with Gasteiger partial charge < -0.3 is 19.6 Å². The molecule has 0 spiro atoms. The molecule has 2 atom stereocenters. The van der Waals surface area contributed by atoms with Crippen LogP contribution in [0.5, 0.6) is 5.75 Å². The Labute approximate surface area is 191 Å². The topological polar surface area (TPSA) is 70.1 Å². The Kier molecular flexibility index (Phi) is 7.02. The molecule has 0 aliphatic carbocycles. The van der Waals surface area contributed by atoms with Crippen molar-refractivity contribution in [2.45, 2.75) is 24.6 Å². The van der Waals surface area contributed by atoms with Gasteiger partial charge in [-0.2, -0.15) is 13.2 Å². The monoisotopic (exact) mass is 514 g/mol. The van der Waals surface area contributed by atoms with Gasteiger partial charge in [0, 0.05) is 42.1 Å². The van der Waals surface area contributed by atoms with Crippen LogP contribution in [0.3, 0.4) is 0 Å². The summed E-state index contributed by atoms with van der Waals surface area (Å²) in [6, 6.07) is 9.81. The number of methoxy groups -OCH3 is 1. The molecular formula is C22H22BrF3N2O4. The van der Waals surface area contributed by atoms with Crippen molar-refractivity contribution in [3.8, 4) is 5.75 Å². The zero-order valence-electron chi connectivity index (χ0n) is 17.4. The maximum absolute atomic E-state index is 13.2. The van der Waals surface area contributed by atoms with Gasteiger partial charge in [-0.3, -0.25) is 4.79 Å². The number of ether oxygens (including phenoxy) is 1. The standard InChI is InChI=1S/C22H22BrF3N2O4/c1-27(20(29)14-9-15(22(24,25)26)11-16(23)10-14)19-7-8-28(21(30)31)12-18(19)13-3-5-17(32-2)6-4-13/h3-6,9-11,18-19H,7-8,12H2,1-2H3,(H,30,31). The van der Waals surface area contributed by atoms with Gasteiger partial charge >= 0.3 is 12.3 Å². The fraction of sp³-hybridized carbons (Fsp3) is 0.364. The zero-order chi connectivity index (χ0) is 23.6. The van der Waals surface area contributed by atoms with Crippen molar-refractivity contribution in [3.63, 3.8) is 0 Å². The van der Waals surface area contributed by atoms with Crippen molar-refractivity contribution in [2.75, 3.05) is 27.2 Å². The second-order valence-electron chi connectivity index (χ2n) is 7.61. The maximum atomic E-state index is 13.2. The van der Waals surface area contributed by atoms with Crippen LogP contribution < -0.4 is 4.74 Å². The van der Waals surface area contributed by atoms with E-state index in [1.807, 2.05) is 0 Å². The molecule has 1 aliphatic rings. The summed E-state index contributed by atoms with van der Waals surface area (Å²) in [7, 11) is 3.07. The van der Waals surface area contributed by atoms with Gasteiger partial charge in [0.25, 0.3) is 5.91 Å². The van der Waals surface area contributed by atoms with E-state index in [0.29, 0.717) is 12.2 Å². The number of nitrogens with zero attached hydrogens (tertiary/aromatic N) is 2. The van der Waals surface area contributed by atoms with Crippen molar-refractivity contribution in [1.29, 1.82) is 0 Å². The lowest BCUT2D eigenvalue weighted by Gasteiger charge is -2.42. The highest BCUT2D eigenvalue weighted by Gasteiger charge is 2.37. The van der Waals surface area contributed by atoms with Crippen LogP contribution in [0.25, 0.3) is 0 Å². The molecule has 1 fully saturated rings. The van der Waals surface area contributed by atoms with E-state index in [1.165, 1.54) is 30.0 Å². The van der Waals surface area contributed by atoms with E-state index in [2.05, 4.69) is 15.9 Å². The van der Waals surface area contributed by atoms with Crippen molar-refractivity contribution in [3.05, 3.63) is 63.6 Å². The number of halogens is 4. The highest BCUT2D eigenvalue weighted by atomic mass is 79.9. The summed E-state index contributed by atoms with van der Waals surface area (Å²) in [4.78, 5) is 27.4. The molecule has 2 unspecified atom stereocenters. The van der Waals surface area contributed by atoms with Gasteiger partial charge in [0.15, 0.2) is 0 Å². The Hall–Kier alpha value is -2.75. The molecule has 0 bridgehead atoms. The number of amides is 2. The third-order valence-corrected chi connectivity index (χ3v) is 6.14. The molecule has 1 heterocycles. The molecule has 1 aliphatic heterocycles. The molecule has 0 saturated carbocycles. The average Bonchev–Trinajstić information content (AvgIpc) is 2.76. The fourth-order valence-electron chi connectivity index (χ4n) is 3.99. The fourth-order valence-corrected chi connectivity index (χ4v) is 4.48. The number of carboxylic acid groups (broad SMARTS) is 1. The third-order valence-electron chi connectivity index (χ3n) is 5.68. The molecule has 2 amide bonds.